The van der Waals surface area contributed by atoms with E-state index in [0.717, 1.165) is 6.42 Å². The van der Waals surface area contributed by atoms with Gasteiger partial charge in [0.05, 0.1) is 0 Å². The number of rotatable bonds is 2. The number of benzene rings is 2. The van der Waals surface area contributed by atoms with Crippen LogP contribution in [0.3, 0.4) is 0 Å². The Morgan fingerprint density at radius 3 is 1.73 bits per heavy atom. The second-order valence-electron chi connectivity index (χ2n) is 12.8. The highest BCUT2D eigenvalue weighted by atomic mass is 14.3. The molecule has 0 N–H and O–H groups in total. The molecule has 0 radical (unpaired) electrons. The molecule has 2 aromatic carbocycles. The third kappa shape index (κ3) is 4.74. The molecule has 0 bridgehead atoms. The minimum Gasteiger partial charge on any atom is -0.0655 e. The van der Waals surface area contributed by atoms with E-state index in [2.05, 4.69) is 113 Å². The van der Waals surface area contributed by atoms with Crippen LogP contribution in [0.2, 0.25) is 0 Å². The van der Waals surface area contributed by atoms with Gasteiger partial charge in [0, 0.05) is 5.92 Å². The molecule has 0 aromatic heterocycles. The summed E-state index contributed by atoms with van der Waals surface area (Å²) in [6.07, 6.45) is 3.51. The summed E-state index contributed by atoms with van der Waals surface area (Å²) in [5.41, 5.74) is 12.1. The van der Waals surface area contributed by atoms with Crippen molar-refractivity contribution in [3.8, 4) is 11.1 Å². The fraction of sp³-hybridized carbons (Fsp3) is 0.533. The highest BCUT2D eigenvalue weighted by molar-refractivity contribution is 5.80. The number of allylic oxidation sites excluding steroid dienone is 1. The molecular formula is C30H42. The number of hydrogen-bond acceptors (Lipinski definition) is 0. The molecule has 1 atom stereocenters. The van der Waals surface area contributed by atoms with Crippen LogP contribution in [-0.4, -0.2) is 0 Å². The van der Waals surface area contributed by atoms with Gasteiger partial charge in [-0.1, -0.05) is 111 Å². The van der Waals surface area contributed by atoms with Crippen LogP contribution >= 0.6 is 0 Å². The first-order chi connectivity index (χ1) is 13.6. The zero-order valence-electron chi connectivity index (χ0n) is 21.2. The minimum absolute atomic E-state index is 0.127. The lowest BCUT2D eigenvalue weighted by Crippen LogP contribution is -2.16. The van der Waals surface area contributed by atoms with Crippen LogP contribution in [0.25, 0.3) is 17.2 Å². The van der Waals surface area contributed by atoms with Crippen LogP contribution in [0.5, 0.6) is 0 Å². The molecule has 0 spiro atoms. The monoisotopic (exact) mass is 402 g/mol. The van der Waals surface area contributed by atoms with Crippen LogP contribution in [0, 0.1) is 5.41 Å². The van der Waals surface area contributed by atoms with Gasteiger partial charge in [0.15, 0.2) is 0 Å². The first-order valence-corrected chi connectivity index (χ1v) is 11.6. The summed E-state index contributed by atoms with van der Waals surface area (Å²) >= 11 is 0. The fourth-order valence-corrected chi connectivity index (χ4v) is 4.54. The van der Waals surface area contributed by atoms with Crippen molar-refractivity contribution in [3.05, 3.63) is 63.7 Å². The maximum atomic E-state index is 2.49. The second-order valence-corrected chi connectivity index (χ2v) is 12.8. The Labute approximate surface area is 185 Å². The SMILES string of the molecule is CC1=Cc2cc(CC(C)(C)C)cc(-c3cc(C(C)(C)C)cc(C(C)(C)C)c3)c2C1C. The van der Waals surface area contributed by atoms with Gasteiger partial charge in [-0.25, -0.2) is 0 Å². The first kappa shape index (κ1) is 22.9. The third-order valence-corrected chi connectivity index (χ3v) is 6.48. The van der Waals surface area contributed by atoms with Crippen LogP contribution in [0.4, 0.5) is 0 Å². The molecule has 0 aliphatic heterocycles. The van der Waals surface area contributed by atoms with Gasteiger partial charge in [-0.15, -0.1) is 0 Å². The molecule has 0 amide bonds. The second kappa shape index (κ2) is 7.40. The molecule has 2 aromatic rings. The van der Waals surface area contributed by atoms with Gasteiger partial charge >= 0.3 is 0 Å². The Morgan fingerprint density at radius 1 is 0.733 bits per heavy atom. The Morgan fingerprint density at radius 2 is 1.27 bits per heavy atom. The summed E-state index contributed by atoms with van der Waals surface area (Å²) in [4.78, 5) is 0. The van der Waals surface area contributed by atoms with Crippen molar-refractivity contribution >= 4 is 6.08 Å². The molecular weight excluding hydrogens is 360 g/mol. The fourth-order valence-electron chi connectivity index (χ4n) is 4.54. The minimum atomic E-state index is 0.127. The van der Waals surface area contributed by atoms with Gasteiger partial charge in [-0.2, -0.15) is 0 Å². The summed E-state index contributed by atoms with van der Waals surface area (Å²) in [5, 5.41) is 0. The molecule has 3 rings (SSSR count). The summed E-state index contributed by atoms with van der Waals surface area (Å²) in [7, 11) is 0. The van der Waals surface area contributed by atoms with Gasteiger partial charge in [0.25, 0.3) is 0 Å². The maximum Gasteiger partial charge on any atom is 0.00324 e. The Hall–Kier alpha value is -1.82. The lowest BCUT2D eigenvalue weighted by atomic mass is 9.77. The molecule has 0 nitrogen and oxygen atoms in total. The van der Waals surface area contributed by atoms with E-state index in [1.54, 1.807) is 0 Å². The third-order valence-electron chi connectivity index (χ3n) is 6.48. The molecule has 0 fully saturated rings. The van der Waals surface area contributed by atoms with E-state index >= 15 is 0 Å². The van der Waals surface area contributed by atoms with Crippen molar-refractivity contribution < 1.29 is 0 Å². The summed E-state index contributed by atoms with van der Waals surface area (Å²) in [6, 6.07) is 12.3. The van der Waals surface area contributed by atoms with Crippen LogP contribution < -0.4 is 0 Å². The summed E-state index contributed by atoms with van der Waals surface area (Å²) in [6.45, 7) is 25.6. The smallest absolute Gasteiger partial charge is 0.00324 e. The lowest BCUT2D eigenvalue weighted by Gasteiger charge is -2.27. The van der Waals surface area contributed by atoms with Crippen molar-refractivity contribution in [2.75, 3.05) is 0 Å². The predicted octanol–water partition coefficient (Wildman–Crippen LogP) is 9.06. The van der Waals surface area contributed by atoms with E-state index < -0.39 is 0 Å². The van der Waals surface area contributed by atoms with Gasteiger partial charge in [-0.3, -0.25) is 0 Å². The Bertz CT molecular complexity index is 946. The molecule has 1 aliphatic carbocycles. The average Bonchev–Trinajstić information content (AvgIpc) is 2.85. The quantitative estimate of drug-likeness (QED) is 0.470. The summed E-state index contributed by atoms with van der Waals surface area (Å²) < 4.78 is 0. The van der Waals surface area contributed by atoms with E-state index in [-0.39, 0.29) is 16.2 Å². The highest BCUT2D eigenvalue weighted by Gasteiger charge is 2.27. The molecule has 1 aliphatic rings. The van der Waals surface area contributed by atoms with Crippen LogP contribution in [0.1, 0.15) is 110 Å². The first-order valence-electron chi connectivity index (χ1n) is 11.6. The molecule has 0 heteroatoms. The van der Waals surface area contributed by atoms with E-state index in [9.17, 15) is 0 Å². The topological polar surface area (TPSA) is 0 Å². The molecule has 0 saturated heterocycles. The molecule has 0 heterocycles. The van der Waals surface area contributed by atoms with Crippen molar-refractivity contribution in [2.24, 2.45) is 5.41 Å². The van der Waals surface area contributed by atoms with Gasteiger partial charge in [0.1, 0.15) is 0 Å². The van der Waals surface area contributed by atoms with Crippen molar-refractivity contribution in [1.29, 1.82) is 0 Å². The Balaban J connectivity index is 2.30. The average molecular weight is 403 g/mol. The predicted molar refractivity (Wildman–Crippen MR) is 135 cm³/mol. The standard InChI is InChI=1S/C30H42/c1-19-12-23-13-21(18-28(3,4)5)14-26(27(23)20(19)2)22-15-24(29(6,7)8)17-25(16-22)30(9,10)11/h12-17,20H,18H2,1-11H3. The van der Waals surface area contributed by atoms with Crippen molar-refractivity contribution in [2.45, 2.75) is 99.3 Å². The lowest BCUT2D eigenvalue weighted by molar-refractivity contribution is 0.411. The number of fused-ring (bicyclic) bond motifs is 1. The van der Waals surface area contributed by atoms with Crippen LogP contribution in [-0.2, 0) is 17.3 Å². The Kier molecular flexibility index (Phi) is 5.64. The van der Waals surface area contributed by atoms with Crippen molar-refractivity contribution in [1.82, 2.24) is 0 Å². The molecule has 162 valence electrons. The molecule has 0 saturated carbocycles. The highest BCUT2D eigenvalue weighted by Crippen LogP contribution is 2.44. The molecule has 1 unspecified atom stereocenters. The van der Waals surface area contributed by atoms with Crippen LogP contribution in [0.15, 0.2) is 35.9 Å². The maximum absolute atomic E-state index is 2.49. The van der Waals surface area contributed by atoms with Gasteiger partial charge < -0.3 is 0 Å². The van der Waals surface area contributed by atoms with Crippen molar-refractivity contribution in [3.63, 3.8) is 0 Å². The zero-order valence-corrected chi connectivity index (χ0v) is 21.2. The largest absolute Gasteiger partial charge is 0.0655 e. The van der Waals surface area contributed by atoms with E-state index in [1.165, 1.54) is 44.5 Å². The van der Waals surface area contributed by atoms with E-state index in [4.69, 9.17) is 0 Å². The van der Waals surface area contributed by atoms with Gasteiger partial charge in [0.2, 0.25) is 0 Å². The van der Waals surface area contributed by atoms with Gasteiger partial charge in [-0.05, 0) is 68.5 Å². The number of hydrogen-bond donors (Lipinski definition) is 0. The normalized spacial score (nSPS) is 17.2. The zero-order chi connectivity index (χ0) is 22.6. The van der Waals surface area contributed by atoms with E-state index in [1.807, 2.05) is 0 Å². The molecule has 30 heavy (non-hydrogen) atoms. The van der Waals surface area contributed by atoms with E-state index in [0.29, 0.717) is 5.92 Å². The summed E-state index contributed by atoms with van der Waals surface area (Å²) in [5.74, 6) is 0.482.